The lowest BCUT2D eigenvalue weighted by Crippen LogP contribution is -1.95. The molecule has 0 atom stereocenters. The summed E-state index contributed by atoms with van der Waals surface area (Å²) in [5.74, 6) is -0.900. The van der Waals surface area contributed by atoms with E-state index in [1.807, 2.05) is 6.07 Å². The second-order valence-electron chi connectivity index (χ2n) is 3.61. The lowest BCUT2D eigenvalue weighted by Gasteiger charge is -2.07. The van der Waals surface area contributed by atoms with E-state index in [0.29, 0.717) is 5.75 Å². The molecule has 2 rings (SSSR count). The zero-order valence-corrected chi connectivity index (χ0v) is 9.73. The van der Waals surface area contributed by atoms with Crippen molar-refractivity contribution in [2.75, 3.05) is 7.05 Å². The van der Waals surface area contributed by atoms with Crippen molar-refractivity contribution >= 4 is 6.21 Å². The van der Waals surface area contributed by atoms with Crippen molar-refractivity contribution in [1.29, 1.82) is 0 Å². The summed E-state index contributed by atoms with van der Waals surface area (Å²) in [4.78, 5) is 3.65. The van der Waals surface area contributed by atoms with Crippen LogP contribution in [0.2, 0.25) is 0 Å². The van der Waals surface area contributed by atoms with Crippen molar-refractivity contribution in [3.05, 3.63) is 59.7 Å². The van der Waals surface area contributed by atoms with Crippen LogP contribution in [0.4, 0.5) is 8.78 Å². The van der Waals surface area contributed by atoms with Crippen LogP contribution in [0.3, 0.4) is 0 Å². The van der Waals surface area contributed by atoms with Gasteiger partial charge in [0, 0.05) is 24.9 Å². The quantitative estimate of drug-likeness (QED) is 0.756. The number of aliphatic imine (C=N–C) groups is 1. The maximum atomic E-state index is 13.7. The molecule has 0 bridgehead atoms. The van der Waals surface area contributed by atoms with Crippen molar-refractivity contribution in [3.8, 4) is 11.5 Å². The van der Waals surface area contributed by atoms with Gasteiger partial charge in [0.1, 0.15) is 11.6 Å². The van der Waals surface area contributed by atoms with Crippen LogP contribution in [0.15, 0.2) is 47.5 Å². The van der Waals surface area contributed by atoms with Gasteiger partial charge >= 0.3 is 0 Å². The Morgan fingerprint density at radius 2 is 1.78 bits per heavy atom. The highest BCUT2D eigenvalue weighted by atomic mass is 19.1. The van der Waals surface area contributed by atoms with E-state index >= 15 is 0 Å². The van der Waals surface area contributed by atoms with Crippen LogP contribution in [0.1, 0.15) is 5.56 Å². The van der Waals surface area contributed by atoms with Crippen molar-refractivity contribution in [3.63, 3.8) is 0 Å². The minimum absolute atomic E-state index is 0.0930. The number of rotatable bonds is 3. The Bertz CT molecular complexity index is 568. The predicted molar refractivity (Wildman–Crippen MR) is 66.4 cm³/mol. The fraction of sp³-hybridized carbons (Fsp3) is 0.0714. The number of nitrogens with zero attached hydrogens (tertiary/aromatic N) is 1. The summed E-state index contributed by atoms with van der Waals surface area (Å²) in [6.07, 6.45) is 1.25. The average molecular weight is 247 g/mol. The van der Waals surface area contributed by atoms with Crippen LogP contribution in [-0.2, 0) is 0 Å². The van der Waals surface area contributed by atoms with E-state index in [4.69, 9.17) is 4.74 Å². The van der Waals surface area contributed by atoms with Crippen LogP contribution in [0.25, 0.3) is 0 Å². The molecule has 2 aromatic rings. The van der Waals surface area contributed by atoms with Gasteiger partial charge < -0.3 is 4.74 Å². The van der Waals surface area contributed by atoms with Gasteiger partial charge in [0.05, 0.1) is 0 Å². The molecule has 2 aromatic carbocycles. The fourth-order valence-electron chi connectivity index (χ4n) is 1.48. The van der Waals surface area contributed by atoms with Gasteiger partial charge in [0.25, 0.3) is 0 Å². The molecule has 0 N–H and O–H groups in total. The van der Waals surface area contributed by atoms with Crippen molar-refractivity contribution in [1.82, 2.24) is 0 Å². The standard InChI is InChI=1S/C14H11F2NO/c1-17-9-10-7-13(16)14(8-12(10)15)18-11-5-3-2-4-6-11/h2-9H,1H3/b17-9+. The number of benzene rings is 2. The molecule has 4 heteroatoms. The SMILES string of the molecule is C/N=C/c1cc(F)c(Oc2ccccc2)cc1F. The first-order valence-corrected chi connectivity index (χ1v) is 5.35. The number of hydrogen-bond acceptors (Lipinski definition) is 2. The molecule has 92 valence electrons. The third kappa shape index (κ3) is 2.71. The zero-order chi connectivity index (χ0) is 13.0. The lowest BCUT2D eigenvalue weighted by atomic mass is 10.2. The number of ether oxygens (including phenoxy) is 1. The Morgan fingerprint density at radius 3 is 2.44 bits per heavy atom. The van der Waals surface area contributed by atoms with Gasteiger partial charge in [-0.25, -0.2) is 8.78 Å². The first kappa shape index (κ1) is 12.2. The molecule has 0 heterocycles. The molecule has 0 unspecified atom stereocenters. The van der Waals surface area contributed by atoms with Gasteiger partial charge in [-0.05, 0) is 18.2 Å². The van der Waals surface area contributed by atoms with E-state index in [9.17, 15) is 8.78 Å². The highest BCUT2D eigenvalue weighted by Gasteiger charge is 2.10. The minimum Gasteiger partial charge on any atom is -0.454 e. The van der Waals surface area contributed by atoms with Gasteiger partial charge in [-0.15, -0.1) is 0 Å². The molecule has 0 radical (unpaired) electrons. The Kier molecular flexibility index (Phi) is 3.67. The second-order valence-corrected chi connectivity index (χ2v) is 3.61. The van der Waals surface area contributed by atoms with E-state index in [2.05, 4.69) is 4.99 Å². The maximum absolute atomic E-state index is 13.7. The van der Waals surface area contributed by atoms with Crippen LogP contribution in [0, 0.1) is 11.6 Å². The Morgan fingerprint density at radius 1 is 1.06 bits per heavy atom. The van der Waals surface area contributed by atoms with Gasteiger partial charge in [0.2, 0.25) is 0 Å². The molecule has 0 fully saturated rings. The number of halogens is 2. The molecule has 2 nitrogen and oxygen atoms in total. The molecule has 0 amide bonds. The van der Waals surface area contributed by atoms with E-state index < -0.39 is 11.6 Å². The Balaban J connectivity index is 2.32. The summed E-state index contributed by atoms with van der Waals surface area (Å²) in [7, 11) is 1.49. The maximum Gasteiger partial charge on any atom is 0.166 e. The molecular weight excluding hydrogens is 236 g/mol. The summed E-state index contributed by atoms with van der Waals surface area (Å²) < 4.78 is 32.5. The summed E-state index contributed by atoms with van der Waals surface area (Å²) in [5, 5.41) is 0. The Labute approximate surface area is 104 Å². The van der Waals surface area contributed by atoms with Crippen LogP contribution in [0.5, 0.6) is 11.5 Å². The molecule has 0 saturated heterocycles. The molecule has 0 aromatic heterocycles. The van der Waals surface area contributed by atoms with E-state index in [1.165, 1.54) is 13.3 Å². The van der Waals surface area contributed by atoms with Gasteiger partial charge in [-0.1, -0.05) is 18.2 Å². The van der Waals surface area contributed by atoms with Crippen LogP contribution in [-0.4, -0.2) is 13.3 Å². The highest BCUT2D eigenvalue weighted by Crippen LogP contribution is 2.26. The summed E-state index contributed by atoms with van der Waals surface area (Å²) in [5.41, 5.74) is 0.0930. The third-order valence-corrected chi connectivity index (χ3v) is 2.29. The molecular formula is C14H11F2NO. The monoisotopic (exact) mass is 247 g/mol. The molecule has 0 saturated carbocycles. The van der Waals surface area contributed by atoms with E-state index in [-0.39, 0.29) is 11.3 Å². The molecule has 0 aliphatic rings. The highest BCUT2D eigenvalue weighted by molar-refractivity contribution is 5.80. The first-order chi connectivity index (χ1) is 8.70. The van der Waals surface area contributed by atoms with Gasteiger partial charge in [-0.2, -0.15) is 0 Å². The molecule has 0 aliphatic carbocycles. The second kappa shape index (κ2) is 5.40. The van der Waals surface area contributed by atoms with Gasteiger partial charge in [-0.3, -0.25) is 4.99 Å². The molecule has 18 heavy (non-hydrogen) atoms. The van der Waals surface area contributed by atoms with Crippen molar-refractivity contribution < 1.29 is 13.5 Å². The van der Waals surface area contributed by atoms with Crippen molar-refractivity contribution in [2.45, 2.75) is 0 Å². The van der Waals surface area contributed by atoms with Gasteiger partial charge in [0.15, 0.2) is 11.6 Å². The third-order valence-electron chi connectivity index (χ3n) is 2.29. The average Bonchev–Trinajstić information content (AvgIpc) is 2.37. The number of para-hydroxylation sites is 1. The van der Waals surface area contributed by atoms with E-state index in [1.54, 1.807) is 24.3 Å². The normalized spacial score (nSPS) is 10.8. The van der Waals surface area contributed by atoms with Crippen LogP contribution < -0.4 is 4.74 Å². The predicted octanol–water partition coefficient (Wildman–Crippen LogP) is 3.81. The van der Waals surface area contributed by atoms with Crippen LogP contribution >= 0.6 is 0 Å². The number of hydrogen-bond donors (Lipinski definition) is 0. The first-order valence-electron chi connectivity index (χ1n) is 5.35. The topological polar surface area (TPSA) is 21.6 Å². The summed E-state index contributed by atoms with van der Waals surface area (Å²) in [6.45, 7) is 0. The summed E-state index contributed by atoms with van der Waals surface area (Å²) in [6, 6.07) is 10.7. The Hall–Kier alpha value is -2.23. The molecule has 0 aliphatic heterocycles. The lowest BCUT2D eigenvalue weighted by molar-refractivity contribution is 0.436. The largest absolute Gasteiger partial charge is 0.454 e. The van der Waals surface area contributed by atoms with Crippen molar-refractivity contribution in [2.24, 2.45) is 4.99 Å². The smallest absolute Gasteiger partial charge is 0.166 e. The zero-order valence-electron chi connectivity index (χ0n) is 9.73. The molecule has 0 spiro atoms. The van der Waals surface area contributed by atoms with E-state index in [0.717, 1.165) is 12.1 Å². The fourth-order valence-corrected chi connectivity index (χ4v) is 1.48. The minimum atomic E-state index is -0.629. The summed E-state index contributed by atoms with van der Waals surface area (Å²) >= 11 is 0.